The van der Waals surface area contributed by atoms with Gasteiger partial charge in [-0.05, 0) is 42.5 Å². The van der Waals surface area contributed by atoms with Crippen LogP contribution in [0.4, 0.5) is 10.1 Å². The molecule has 1 amide bonds. The first-order valence-corrected chi connectivity index (χ1v) is 8.66. The number of ether oxygens (including phenoxy) is 2. The van der Waals surface area contributed by atoms with Gasteiger partial charge in [-0.1, -0.05) is 11.6 Å². The molecule has 26 heavy (non-hydrogen) atoms. The molecule has 1 aromatic heterocycles. The van der Waals surface area contributed by atoms with Crippen LogP contribution in [0.2, 0.25) is 5.02 Å². The molecular formula is C18H13ClFNO4S. The molecule has 134 valence electrons. The normalized spacial score (nSPS) is 10.6. The highest BCUT2D eigenvalue weighted by atomic mass is 35.5. The molecule has 0 fully saturated rings. The summed E-state index contributed by atoms with van der Waals surface area (Å²) in [6, 6.07) is 10.5. The van der Waals surface area contributed by atoms with Gasteiger partial charge in [-0.25, -0.2) is 9.18 Å². The lowest BCUT2D eigenvalue weighted by molar-refractivity contribution is -0.119. The Labute approximate surface area is 157 Å². The van der Waals surface area contributed by atoms with Gasteiger partial charge in [0.15, 0.2) is 6.61 Å². The number of thiophene rings is 1. The molecule has 0 aliphatic carbocycles. The molecule has 5 nitrogen and oxygen atoms in total. The Kier molecular flexibility index (Phi) is 5.39. The lowest BCUT2D eigenvalue weighted by atomic mass is 10.2. The second kappa shape index (κ2) is 7.72. The minimum atomic E-state index is -0.690. The summed E-state index contributed by atoms with van der Waals surface area (Å²) in [6.07, 6.45) is 0. The number of esters is 1. The Morgan fingerprint density at radius 2 is 1.92 bits per heavy atom. The van der Waals surface area contributed by atoms with Gasteiger partial charge >= 0.3 is 5.97 Å². The minimum Gasteiger partial charge on any atom is -0.497 e. The van der Waals surface area contributed by atoms with Crippen molar-refractivity contribution < 1.29 is 23.5 Å². The van der Waals surface area contributed by atoms with E-state index in [-0.39, 0.29) is 9.90 Å². The molecular weight excluding hydrogens is 381 g/mol. The maximum absolute atomic E-state index is 12.8. The maximum Gasteiger partial charge on any atom is 0.350 e. The van der Waals surface area contributed by atoms with E-state index in [4.69, 9.17) is 21.1 Å². The summed E-state index contributed by atoms with van der Waals surface area (Å²) >= 11 is 7.40. The van der Waals surface area contributed by atoms with Crippen molar-refractivity contribution in [1.82, 2.24) is 0 Å². The van der Waals surface area contributed by atoms with Crippen molar-refractivity contribution >= 4 is 50.6 Å². The molecule has 0 radical (unpaired) electrons. The number of hydrogen-bond donors (Lipinski definition) is 1. The van der Waals surface area contributed by atoms with Crippen molar-refractivity contribution in [3.63, 3.8) is 0 Å². The number of amides is 1. The fourth-order valence-electron chi connectivity index (χ4n) is 2.23. The van der Waals surface area contributed by atoms with Gasteiger partial charge in [-0.15, -0.1) is 11.3 Å². The quantitative estimate of drug-likeness (QED) is 0.648. The zero-order valence-corrected chi connectivity index (χ0v) is 15.1. The number of nitrogens with one attached hydrogen (secondary N) is 1. The van der Waals surface area contributed by atoms with Gasteiger partial charge in [0.05, 0.1) is 12.1 Å². The monoisotopic (exact) mass is 393 g/mol. The summed E-state index contributed by atoms with van der Waals surface area (Å²) < 4.78 is 23.8. The highest BCUT2D eigenvalue weighted by Gasteiger charge is 2.20. The lowest BCUT2D eigenvalue weighted by Crippen LogP contribution is -2.20. The molecule has 0 bridgehead atoms. The van der Waals surface area contributed by atoms with E-state index in [2.05, 4.69) is 5.32 Å². The number of carbonyl (C=O) groups is 2. The van der Waals surface area contributed by atoms with Crippen LogP contribution in [0.5, 0.6) is 5.75 Å². The number of anilines is 1. The first-order valence-electron chi connectivity index (χ1n) is 7.46. The van der Waals surface area contributed by atoms with Crippen molar-refractivity contribution in [1.29, 1.82) is 0 Å². The minimum absolute atomic E-state index is 0.213. The molecule has 3 rings (SSSR count). The van der Waals surface area contributed by atoms with Crippen LogP contribution in [0.3, 0.4) is 0 Å². The molecule has 1 heterocycles. The van der Waals surface area contributed by atoms with E-state index in [9.17, 15) is 14.0 Å². The third-order valence-corrected chi connectivity index (χ3v) is 5.12. The standard InChI is InChI=1S/C18H13ClFNO4S/c1-24-12-6-7-13-14(8-12)26-17(16(13)19)18(23)25-9-15(22)21-11-4-2-10(20)3-5-11/h2-8H,9H2,1H3,(H,21,22). The third kappa shape index (κ3) is 3.95. The van der Waals surface area contributed by atoms with E-state index in [1.807, 2.05) is 0 Å². The number of fused-ring (bicyclic) bond motifs is 1. The predicted molar refractivity (Wildman–Crippen MR) is 98.7 cm³/mol. The highest BCUT2D eigenvalue weighted by Crippen LogP contribution is 2.37. The van der Waals surface area contributed by atoms with E-state index in [0.717, 1.165) is 16.0 Å². The van der Waals surface area contributed by atoms with Gasteiger partial charge in [0.1, 0.15) is 16.4 Å². The van der Waals surface area contributed by atoms with Gasteiger partial charge in [0.2, 0.25) is 0 Å². The first-order chi connectivity index (χ1) is 12.5. The Hall–Kier alpha value is -2.64. The molecule has 0 aliphatic heterocycles. The van der Waals surface area contributed by atoms with E-state index in [1.54, 1.807) is 25.3 Å². The van der Waals surface area contributed by atoms with Crippen LogP contribution in [-0.2, 0) is 9.53 Å². The molecule has 0 saturated heterocycles. The summed E-state index contributed by atoms with van der Waals surface area (Å²) in [5, 5.41) is 3.49. The zero-order chi connectivity index (χ0) is 18.7. The molecule has 1 N–H and O–H groups in total. The van der Waals surface area contributed by atoms with Gasteiger partial charge in [-0.2, -0.15) is 0 Å². The Morgan fingerprint density at radius 3 is 2.62 bits per heavy atom. The molecule has 0 saturated carbocycles. The molecule has 2 aromatic carbocycles. The summed E-state index contributed by atoms with van der Waals surface area (Å²) in [5.41, 5.74) is 0.402. The average Bonchev–Trinajstić information content (AvgIpc) is 2.97. The number of halogens is 2. The number of methoxy groups -OCH3 is 1. The van der Waals surface area contributed by atoms with Crippen LogP contribution in [0.15, 0.2) is 42.5 Å². The van der Waals surface area contributed by atoms with Gasteiger partial charge in [0, 0.05) is 15.8 Å². The van der Waals surface area contributed by atoms with E-state index < -0.39 is 24.3 Å². The summed E-state index contributed by atoms with van der Waals surface area (Å²) in [7, 11) is 1.55. The fraction of sp³-hybridized carbons (Fsp3) is 0.111. The van der Waals surface area contributed by atoms with Crippen molar-refractivity contribution in [2.45, 2.75) is 0 Å². The van der Waals surface area contributed by atoms with Crippen LogP contribution < -0.4 is 10.1 Å². The van der Waals surface area contributed by atoms with Crippen LogP contribution in [0.1, 0.15) is 9.67 Å². The van der Waals surface area contributed by atoms with Crippen LogP contribution in [-0.4, -0.2) is 25.6 Å². The number of hydrogen-bond acceptors (Lipinski definition) is 5. The van der Waals surface area contributed by atoms with Crippen molar-refractivity contribution in [2.24, 2.45) is 0 Å². The van der Waals surface area contributed by atoms with Crippen LogP contribution in [0.25, 0.3) is 10.1 Å². The molecule has 0 atom stereocenters. The van der Waals surface area contributed by atoms with E-state index >= 15 is 0 Å². The predicted octanol–water partition coefficient (Wildman–Crippen LogP) is 4.50. The molecule has 0 aliphatic rings. The van der Waals surface area contributed by atoms with E-state index in [0.29, 0.717) is 16.8 Å². The average molecular weight is 394 g/mol. The van der Waals surface area contributed by atoms with Gasteiger partial charge in [0.25, 0.3) is 5.91 Å². The molecule has 3 aromatic rings. The summed E-state index contributed by atoms with van der Waals surface area (Å²) in [6.45, 7) is -0.482. The van der Waals surface area contributed by atoms with E-state index in [1.165, 1.54) is 24.3 Å². The van der Waals surface area contributed by atoms with Gasteiger partial charge < -0.3 is 14.8 Å². The van der Waals surface area contributed by atoms with Crippen molar-refractivity contribution in [3.8, 4) is 5.75 Å². The first kappa shape index (κ1) is 18.2. The lowest BCUT2D eigenvalue weighted by Gasteiger charge is -2.06. The molecule has 8 heteroatoms. The zero-order valence-electron chi connectivity index (χ0n) is 13.5. The number of rotatable bonds is 5. The highest BCUT2D eigenvalue weighted by molar-refractivity contribution is 7.21. The van der Waals surface area contributed by atoms with Crippen molar-refractivity contribution in [3.05, 3.63) is 58.2 Å². The second-order valence-corrected chi connectivity index (χ2v) is 6.67. The maximum atomic E-state index is 12.8. The smallest absolute Gasteiger partial charge is 0.350 e. The van der Waals surface area contributed by atoms with Gasteiger partial charge in [-0.3, -0.25) is 4.79 Å². The number of carbonyl (C=O) groups excluding carboxylic acids is 2. The Bertz CT molecular complexity index is 971. The Balaban J connectivity index is 1.66. The SMILES string of the molecule is COc1ccc2c(Cl)c(C(=O)OCC(=O)Nc3ccc(F)cc3)sc2c1. The second-order valence-electron chi connectivity index (χ2n) is 5.24. The molecule has 0 unspecified atom stereocenters. The Morgan fingerprint density at radius 1 is 1.19 bits per heavy atom. The van der Waals surface area contributed by atoms with Crippen LogP contribution >= 0.6 is 22.9 Å². The van der Waals surface area contributed by atoms with Crippen LogP contribution in [0, 0.1) is 5.82 Å². The largest absolute Gasteiger partial charge is 0.497 e. The topological polar surface area (TPSA) is 64.6 Å². The summed E-state index contributed by atoms with van der Waals surface area (Å²) in [4.78, 5) is 24.3. The molecule has 0 spiro atoms. The van der Waals surface area contributed by atoms with Crippen molar-refractivity contribution in [2.75, 3.05) is 19.0 Å². The third-order valence-electron chi connectivity index (χ3n) is 3.48. The number of benzene rings is 2. The summed E-state index contributed by atoms with van der Waals surface area (Å²) in [5.74, 6) is -0.993. The fourth-order valence-corrected chi connectivity index (χ4v) is 3.66.